The summed E-state index contributed by atoms with van der Waals surface area (Å²) in [5.41, 5.74) is 13.0. The first-order valence-electron chi connectivity index (χ1n) is 9.07. The highest BCUT2D eigenvalue weighted by Gasteiger charge is 2.34. The van der Waals surface area contributed by atoms with Gasteiger partial charge in [0.15, 0.2) is 0 Å². The average molecular weight is 346 g/mol. The standard InChI is InChI=1S/C21H22N4O/c1-13-20-16(14-7-5-8-17(22)21(14)24(13)2)12-23-25(20)18-10-11-26-19-9-4-3-6-15(18)19/h3-9,12-13,18H,10-11,22H2,1-2H3. The molecule has 2 aliphatic rings. The highest BCUT2D eigenvalue weighted by Crippen LogP contribution is 2.48. The van der Waals surface area contributed by atoms with Crippen molar-refractivity contribution in [2.24, 2.45) is 0 Å². The van der Waals surface area contributed by atoms with E-state index >= 15 is 0 Å². The van der Waals surface area contributed by atoms with Crippen molar-refractivity contribution in [2.45, 2.75) is 25.4 Å². The van der Waals surface area contributed by atoms with Crippen molar-refractivity contribution in [1.82, 2.24) is 9.78 Å². The molecule has 5 nitrogen and oxygen atoms in total. The Morgan fingerprint density at radius 2 is 1.96 bits per heavy atom. The SMILES string of the molecule is CC1c2c(cnn2C2CCOc3ccccc32)-c2cccc(N)c2N1C. The zero-order valence-electron chi connectivity index (χ0n) is 15.0. The molecule has 2 unspecified atom stereocenters. The maximum Gasteiger partial charge on any atom is 0.124 e. The van der Waals surface area contributed by atoms with Crippen molar-refractivity contribution in [3.8, 4) is 16.9 Å². The molecule has 0 spiro atoms. The first kappa shape index (κ1) is 15.3. The smallest absolute Gasteiger partial charge is 0.124 e. The second-order valence-corrected chi connectivity index (χ2v) is 7.11. The predicted octanol–water partition coefficient (Wildman–Crippen LogP) is 4.02. The molecule has 0 saturated heterocycles. The highest BCUT2D eigenvalue weighted by molar-refractivity contribution is 5.90. The molecule has 3 aromatic rings. The van der Waals surface area contributed by atoms with Gasteiger partial charge in [-0.15, -0.1) is 0 Å². The van der Waals surface area contributed by atoms with E-state index in [9.17, 15) is 0 Å². The average Bonchev–Trinajstić information content (AvgIpc) is 3.10. The van der Waals surface area contributed by atoms with E-state index in [1.165, 1.54) is 16.8 Å². The molecule has 2 aromatic carbocycles. The summed E-state index contributed by atoms with van der Waals surface area (Å²) >= 11 is 0. The maximum absolute atomic E-state index is 6.28. The third-order valence-electron chi connectivity index (χ3n) is 5.74. The van der Waals surface area contributed by atoms with E-state index in [1.807, 2.05) is 30.5 Å². The quantitative estimate of drug-likeness (QED) is 0.676. The largest absolute Gasteiger partial charge is 0.493 e. The summed E-state index contributed by atoms with van der Waals surface area (Å²) in [7, 11) is 2.11. The fraction of sp³-hybridized carbons (Fsp3) is 0.286. The summed E-state index contributed by atoms with van der Waals surface area (Å²) < 4.78 is 8.05. The molecule has 0 fully saturated rings. The van der Waals surface area contributed by atoms with E-state index in [1.54, 1.807) is 0 Å². The molecule has 1 aromatic heterocycles. The molecule has 5 heteroatoms. The normalized spacial score (nSPS) is 20.8. The maximum atomic E-state index is 6.28. The number of para-hydroxylation sites is 2. The minimum absolute atomic E-state index is 0.194. The van der Waals surface area contributed by atoms with Gasteiger partial charge in [-0.25, -0.2) is 0 Å². The minimum atomic E-state index is 0.194. The number of hydrogen-bond acceptors (Lipinski definition) is 4. The Morgan fingerprint density at radius 1 is 1.12 bits per heavy atom. The molecule has 2 aliphatic heterocycles. The Labute approximate surface area is 153 Å². The number of nitrogen functional groups attached to an aromatic ring is 1. The van der Waals surface area contributed by atoms with E-state index in [0.29, 0.717) is 6.61 Å². The van der Waals surface area contributed by atoms with Crippen LogP contribution in [0.4, 0.5) is 11.4 Å². The van der Waals surface area contributed by atoms with Crippen LogP contribution in [-0.2, 0) is 0 Å². The second kappa shape index (κ2) is 5.53. The molecule has 2 N–H and O–H groups in total. The number of rotatable bonds is 1. The van der Waals surface area contributed by atoms with E-state index in [0.717, 1.165) is 29.1 Å². The van der Waals surface area contributed by atoms with Gasteiger partial charge in [-0.2, -0.15) is 5.10 Å². The topological polar surface area (TPSA) is 56.3 Å². The summed E-state index contributed by atoms with van der Waals surface area (Å²) in [6.07, 6.45) is 2.92. The lowest BCUT2D eigenvalue weighted by Gasteiger charge is -2.37. The minimum Gasteiger partial charge on any atom is -0.493 e. The lowest BCUT2D eigenvalue weighted by Crippen LogP contribution is -2.31. The van der Waals surface area contributed by atoms with Gasteiger partial charge in [0.25, 0.3) is 0 Å². The molecule has 3 heterocycles. The van der Waals surface area contributed by atoms with Crippen LogP contribution in [0.3, 0.4) is 0 Å². The predicted molar refractivity (Wildman–Crippen MR) is 104 cm³/mol. The molecule has 26 heavy (non-hydrogen) atoms. The van der Waals surface area contributed by atoms with Crippen molar-refractivity contribution in [2.75, 3.05) is 24.3 Å². The number of fused-ring (bicyclic) bond motifs is 4. The van der Waals surface area contributed by atoms with Crippen LogP contribution in [0, 0.1) is 0 Å². The zero-order valence-corrected chi connectivity index (χ0v) is 15.0. The zero-order chi connectivity index (χ0) is 17.8. The van der Waals surface area contributed by atoms with Gasteiger partial charge >= 0.3 is 0 Å². The Balaban J connectivity index is 1.71. The van der Waals surface area contributed by atoms with Gasteiger partial charge in [-0.1, -0.05) is 30.3 Å². The number of benzene rings is 2. The van der Waals surface area contributed by atoms with Crippen LogP contribution in [0.15, 0.2) is 48.7 Å². The van der Waals surface area contributed by atoms with Crippen LogP contribution >= 0.6 is 0 Å². The van der Waals surface area contributed by atoms with Gasteiger partial charge in [0.1, 0.15) is 5.75 Å². The summed E-state index contributed by atoms with van der Waals surface area (Å²) in [6, 6.07) is 14.8. The van der Waals surface area contributed by atoms with Crippen molar-refractivity contribution in [1.29, 1.82) is 0 Å². The number of nitrogens with zero attached hydrogens (tertiary/aromatic N) is 3. The number of anilines is 2. The molecule has 2 atom stereocenters. The summed E-state index contributed by atoms with van der Waals surface area (Å²) in [5.74, 6) is 0.967. The lowest BCUT2D eigenvalue weighted by molar-refractivity contribution is 0.247. The highest BCUT2D eigenvalue weighted by atomic mass is 16.5. The van der Waals surface area contributed by atoms with Crippen LogP contribution in [0.25, 0.3) is 11.1 Å². The number of nitrogens with two attached hydrogens (primary N) is 1. The first-order chi connectivity index (χ1) is 12.7. The van der Waals surface area contributed by atoms with Gasteiger partial charge in [0.2, 0.25) is 0 Å². The van der Waals surface area contributed by atoms with Crippen molar-refractivity contribution >= 4 is 11.4 Å². The van der Waals surface area contributed by atoms with Crippen molar-refractivity contribution < 1.29 is 4.74 Å². The Kier molecular flexibility index (Phi) is 3.26. The fourth-order valence-corrected chi connectivity index (χ4v) is 4.37. The molecule has 0 aliphatic carbocycles. The fourth-order valence-electron chi connectivity index (χ4n) is 4.37. The monoisotopic (exact) mass is 346 g/mol. The van der Waals surface area contributed by atoms with Crippen LogP contribution in [0.2, 0.25) is 0 Å². The van der Waals surface area contributed by atoms with Gasteiger partial charge < -0.3 is 15.4 Å². The molecular weight excluding hydrogens is 324 g/mol. The lowest BCUT2D eigenvalue weighted by atomic mass is 9.92. The molecular formula is C21H22N4O. The van der Waals surface area contributed by atoms with Gasteiger partial charge in [0, 0.05) is 30.2 Å². The molecule has 0 radical (unpaired) electrons. The van der Waals surface area contributed by atoms with Crippen LogP contribution in [0.5, 0.6) is 5.75 Å². The second-order valence-electron chi connectivity index (χ2n) is 7.11. The molecule has 5 rings (SSSR count). The Bertz CT molecular complexity index is 993. The third-order valence-corrected chi connectivity index (χ3v) is 5.74. The van der Waals surface area contributed by atoms with Crippen LogP contribution < -0.4 is 15.4 Å². The van der Waals surface area contributed by atoms with Crippen LogP contribution in [0.1, 0.15) is 36.7 Å². The van der Waals surface area contributed by atoms with E-state index in [-0.39, 0.29) is 12.1 Å². The van der Waals surface area contributed by atoms with E-state index in [4.69, 9.17) is 15.6 Å². The Hall–Kier alpha value is -2.95. The van der Waals surface area contributed by atoms with Crippen molar-refractivity contribution in [3.63, 3.8) is 0 Å². The number of aromatic nitrogens is 2. The van der Waals surface area contributed by atoms with Gasteiger partial charge in [-0.3, -0.25) is 4.68 Å². The summed E-state index contributed by atoms with van der Waals surface area (Å²) in [4.78, 5) is 2.26. The molecule has 0 saturated carbocycles. The van der Waals surface area contributed by atoms with Crippen molar-refractivity contribution in [3.05, 3.63) is 59.9 Å². The number of ether oxygens (including phenoxy) is 1. The first-order valence-corrected chi connectivity index (χ1v) is 9.07. The third kappa shape index (κ3) is 2.00. The van der Waals surface area contributed by atoms with E-state index < -0.39 is 0 Å². The summed E-state index contributed by atoms with van der Waals surface area (Å²) in [5, 5.41) is 4.83. The van der Waals surface area contributed by atoms with Gasteiger partial charge in [-0.05, 0) is 19.1 Å². The Morgan fingerprint density at radius 3 is 2.85 bits per heavy atom. The van der Waals surface area contributed by atoms with E-state index in [2.05, 4.69) is 41.8 Å². The van der Waals surface area contributed by atoms with Crippen LogP contribution in [-0.4, -0.2) is 23.4 Å². The molecule has 132 valence electrons. The molecule has 0 bridgehead atoms. The molecule has 0 amide bonds. The number of hydrogen-bond donors (Lipinski definition) is 1. The summed E-state index contributed by atoms with van der Waals surface area (Å²) in [6.45, 7) is 2.93. The van der Waals surface area contributed by atoms with Gasteiger partial charge in [0.05, 0.1) is 42.0 Å².